The lowest BCUT2D eigenvalue weighted by atomic mass is 9.94. The Labute approximate surface area is 202 Å². The van der Waals surface area contributed by atoms with Gasteiger partial charge in [-0.2, -0.15) is 0 Å². The van der Waals surface area contributed by atoms with Crippen molar-refractivity contribution in [3.05, 3.63) is 93.0 Å². The van der Waals surface area contributed by atoms with Crippen LogP contribution in [0, 0.1) is 20.8 Å². The first kappa shape index (κ1) is 23.4. The van der Waals surface area contributed by atoms with Gasteiger partial charge in [0, 0.05) is 5.69 Å². The average Bonchev–Trinajstić information content (AvgIpc) is 3.04. The monoisotopic (exact) mass is 477 g/mol. The molecule has 1 amide bonds. The second-order valence-corrected chi connectivity index (χ2v) is 8.79. The number of ether oxygens (including phenoxy) is 1. The highest BCUT2D eigenvalue weighted by Crippen LogP contribution is 2.45. The number of benzene rings is 3. The molecule has 6 nitrogen and oxygen atoms in total. The largest absolute Gasteiger partial charge is 0.508 e. The summed E-state index contributed by atoms with van der Waals surface area (Å²) in [6.45, 7) is 5.60. The number of aryl methyl sites for hydroxylation is 3. The van der Waals surface area contributed by atoms with Crippen LogP contribution in [0.3, 0.4) is 0 Å². The Kier molecular flexibility index (Phi) is 6.11. The van der Waals surface area contributed by atoms with E-state index in [-0.39, 0.29) is 33.4 Å². The van der Waals surface area contributed by atoms with Crippen LogP contribution in [-0.2, 0) is 9.59 Å². The molecule has 3 aromatic carbocycles. The number of halogens is 1. The number of phenols is 1. The van der Waals surface area contributed by atoms with Crippen LogP contribution in [0.5, 0.6) is 11.5 Å². The summed E-state index contributed by atoms with van der Waals surface area (Å²) in [5.41, 5.74) is 3.80. The van der Waals surface area contributed by atoms with Crippen LogP contribution in [0.4, 0.5) is 5.69 Å². The number of aromatic hydroxyl groups is 1. The van der Waals surface area contributed by atoms with Crippen molar-refractivity contribution in [2.75, 3.05) is 12.0 Å². The average molecular weight is 478 g/mol. The highest BCUT2D eigenvalue weighted by Gasteiger charge is 2.47. The number of anilines is 1. The van der Waals surface area contributed by atoms with E-state index in [2.05, 4.69) is 0 Å². The van der Waals surface area contributed by atoms with Crippen molar-refractivity contribution in [2.45, 2.75) is 26.8 Å². The molecule has 1 unspecified atom stereocenters. The molecular weight excluding hydrogens is 454 g/mol. The third-order valence-electron chi connectivity index (χ3n) is 5.91. The molecule has 1 atom stereocenters. The van der Waals surface area contributed by atoms with Crippen LogP contribution in [0.15, 0.2) is 60.2 Å². The normalized spacial score (nSPS) is 17.3. The summed E-state index contributed by atoms with van der Waals surface area (Å²) >= 11 is 6.33. The zero-order valence-electron chi connectivity index (χ0n) is 19.2. The number of aliphatic hydroxyl groups is 1. The SMILES string of the molecule is COc1c(Cl)cc(C)cc1/C(O)=C1\C(=O)C(=O)N(c2ccc(C)cc2C)C1c1ccc(O)cc1. The van der Waals surface area contributed by atoms with Crippen molar-refractivity contribution < 1.29 is 24.5 Å². The fourth-order valence-corrected chi connectivity index (χ4v) is 4.74. The number of hydrogen-bond donors (Lipinski definition) is 2. The van der Waals surface area contributed by atoms with Gasteiger partial charge in [-0.15, -0.1) is 0 Å². The molecule has 1 aliphatic rings. The Morgan fingerprint density at radius 2 is 1.65 bits per heavy atom. The molecular formula is C27H24ClNO5. The number of phenolic OH excluding ortho intramolecular Hbond substituents is 1. The summed E-state index contributed by atoms with van der Waals surface area (Å²) in [7, 11) is 1.42. The Bertz CT molecular complexity index is 1340. The van der Waals surface area contributed by atoms with Crippen molar-refractivity contribution in [3.8, 4) is 11.5 Å². The quantitative estimate of drug-likeness (QED) is 0.290. The fraction of sp³-hybridized carbons (Fsp3) is 0.185. The molecule has 2 N–H and O–H groups in total. The molecule has 1 aliphatic heterocycles. The van der Waals surface area contributed by atoms with E-state index in [0.29, 0.717) is 11.3 Å². The highest BCUT2D eigenvalue weighted by atomic mass is 35.5. The van der Waals surface area contributed by atoms with Gasteiger partial charge in [-0.05, 0) is 67.8 Å². The smallest absolute Gasteiger partial charge is 0.300 e. The summed E-state index contributed by atoms with van der Waals surface area (Å²) in [6.07, 6.45) is 0. The van der Waals surface area contributed by atoms with Crippen molar-refractivity contribution in [1.29, 1.82) is 0 Å². The van der Waals surface area contributed by atoms with E-state index in [1.807, 2.05) is 26.0 Å². The van der Waals surface area contributed by atoms with E-state index >= 15 is 0 Å². The van der Waals surface area contributed by atoms with Gasteiger partial charge in [0.05, 0.1) is 29.3 Å². The number of carbonyl (C=O) groups is 2. The molecule has 0 aromatic heterocycles. The molecule has 34 heavy (non-hydrogen) atoms. The standard InChI is InChI=1S/C27H24ClNO5/c1-14-5-10-21(16(3)11-14)29-23(17-6-8-18(30)9-7-17)22(25(32)27(29)33)24(31)19-12-15(2)13-20(28)26(19)34-4/h5-13,23,30-31H,1-4H3/b24-22+. The van der Waals surface area contributed by atoms with Gasteiger partial charge < -0.3 is 14.9 Å². The number of nitrogens with zero attached hydrogens (tertiary/aromatic N) is 1. The molecule has 1 saturated heterocycles. The van der Waals surface area contributed by atoms with Crippen molar-refractivity contribution in [3.63, 3.8) is 0 Å². The topological polar surface area (TPSA) is 87.1 Å². The first-order chi connectivity index (χ1) is 16.1. The molecule has 4 rings (SSSR count). The molecule has 3 aromatic rings. The number of amides is 1. The van der Waals surface area contributed by atoms with E-state index in [0.717, 1.165) is 16.7 Å². The van der Waals surface area contributed by atoms with Gasteiger partial charge in [-0.3, -0.25) is 14.5 Å². The lowest BCUT2D eigenvalue weighted by Crippen LogP contribution is -2.30. The van der Waals surface area contributed by atoms with Gasteiger partial charge >= 0.3 is 0 Å². The highest BCUT2D eigenvalue weighted by molar-refractivity contribution is 6.52. The molecule has 0 aliphatic carbocycles. The number of methoxy groups -OCH3 is 1. The maximum Gasteiger partial charge on any atom is 0.300 e. The minimum absolute atomic E-state index is 0.0411. The minimum Gasteiger partial charge on any atom is -0.508 e. The Hall–Kier alpha value is -3.77. The van der Waals surface area contributed by atoms with E-state index in [9.17, 15) is 19.8 Å². The third-order valence-corrected chi connectivity index (χ3v) is 6.19. The van der Waals surface area contributed by atoms with E-state index in [1.54, 1.807) is 37.3 Å². The Morgan fingerprint density at radius 1 is 0.971 bits per heavy atom. The van der Waals surface area contributed by atoms with Crippen molar-refractivity contribution in [2.24, 2.45) is 0 Å². The van der Waals surface area contributed by atoms with Crippen LogP contribution >= 0.6 is 11.6 Å². The van der Waals surface area contributed by atoms with Gasteiger partial charge in [0.25, 0.3) is 11.7 Å². The van der Waals surface area contributed by atoms with Gasteiger partial charge in [0.15, 0.2) is 0 Å². The first-order valence-corrected chi connectivity index (χ1v) is 11.0. The van der Waals surface area contributed by atoms with Crippen molar-refractivity contribution in [1.82, 2.24) is 0 Å². The predicted octanol–water partition coefficient (Wildman–Crippen LogP) is 5.61. The second-order valence-electron chi connectivity index (χ2n) is 8.38. The Morgan fingerprint density at radius 3 is 2.26 bits per heavy atom. The minimum atomic E-state index is -0.925. The van der Waals surface area contributed by atoms with Gasteiger partial charge in [-0.25, -0.2) is 0 Å². The molecule has 1 fully saturated rings. The molecule has 174 valence electrons. The Balaban J connectivity index is 2.02. The number of rotatable bonds is 4. The van der Waals surface area contributed by atoms with E-state index in [1.165, 1.54) is 24.1 Å². The van der Waals surface area contributed by atoms with Gasteiger partial charge in [-0.1, -0.05) is 41.4 Å². The first-order valence-electron chi connectivity index (χ1n) is 10.7. The number of aliphatic hydroxyl groups excluding tert-OH is 1. The number of Topliss-reactive ketones (excluding diaryl/α,β-unsaturated/α-hetero) is 1. The maximum atomic E-state index is 13.4. The number of ketones is 1. The molecule has 1 heterocycles. The van der Waals surface area contributed by atoms with Crippen molar-refractivity contribution >= 4 is 34.7 Å². The summed E-state index contributed by atoms with van der Waals surface area (Å²) in [5.74, 6) is -1.73. The maximum absolute atomic E-state index is 13.4. The number of carbonyl (C=O) groups excluding carboxylic acids is 2. The third kappa shape index (κ3) is 3.90. The van der Waals surface area contributed by atoms with Crippen LogP contribution in [0.1, 0.15) is 33.9 Å². The zero-order chi connectivity index (χ0) is 24.7. The second kappa shape index (κ2) is 8.88. The van der Waals surface area contributed by atoms with Gasteiger partial charge in [0.1, 0.15) is 17.3 Å². The molecule has 0 saturated carbocycles. The van der Waals surface area contributed by atoms with Crippen LogP contribution in [0.2, 0.25) is 5.02 Å². The van der Waals surface area contributed by atoms with Crippen LogP contribution < -0.4 is 9.64 Å². The van der Waals surface area contributed by atoms with E-state index in [4.69, 9.17) is 16.3 Å². The molecule has 7 heteroatoms. The van der Waals surface area contributed by atoms with E-state index < -0.39 is 17.7 Å². The molecule has 0 radical (unpaired) electrons. The van der Waals surface area contributed by atoms with Gasteiger partial charge in [0.2, 0.25) is 0 Å². The molecule has 0 spiro atoms. The lowest BCUT2D eigenvalue weighted by molar-refractivity contribution is -0.132. The van der Waals surface area contributed by atoms with Crippen LogP contribution in [-0.4, -0.2) is 29.0 Å². The summed E-state index contributed by atoms with van der Waals surface area (Å²) < 4.78 is 5.41. The summed E-state index contributed by atoms with van der Waals surface area (Å²) in [6, 6.07) is 14.2. The number of hydrogen-bond acceptors (Lipinski definition) is 5. The fourth-order valence-electron chi connectivity index (χ4n) is 4.39. The summed E-state index contributed by atoms with van der Waals surface area (Å²) in [5, 5.41) is 21.5. The predicted molar refractivity (Wildman–Crippen MR) is 132 cm³/mol. The lowest BCUT2D eigenvalue weighted by Gasteiger charge is -2.27. The summed E-state index contributed by atoms with van der Waals surface area (Å²) in [4.78, 5) is 28.1. The molecule has 0 bridgehead atoms. The van der Waals surface area contributed by atoms with Crippen LogP contribution in [0.25, 0.3) is 5.76 Å². The zero-order valence-corrected chi connectivity index (χ0v) is 20.0.